The Balaban J connectivity index is 0.000000303. The molecular formula is C77H84B6F12O28S4-4. The average Bonchev–Trinajstić information content (AvgIpc) is 0.709. The van der Waals surface area contributed by atoms with Gasteiger partial charge in [-0.05, 0) is 122 Å². The number of alkyl halides is 12. The van der Waals surface area contributed by atoms with Gasteiger partial charge >= 0.3 is 72.5 Å². The molecule has 4 aromatic carbocycles. The van der Waals surface area contributed by atoms with Crippen molar-refractivity contribution in [3.05, 3.63) is 141 Å². The fourth-order valence-electron chi connectivity index (χ4n) is 14.7. The largest absolute Gasteiger partial charge is 0.748 e. The first kappa shape index (κ1) is 109. The van der Waals surface area contributed by atoms with E-state index in [0.717, 1.165) is 50.9 Å². The molecule has 5 saturated carbocycles. The Hall–Kier alpha value is -8.17. The number of ether oxygens (including phenoxy) is 8. The molecule has 50 heteroatoms. The van der Waals surface area contributed by atoms with Crippen molar-refractivity contribution in [2.45, 2.75) is 216 Å². The maximum absolute atomic E-state index is 13.6. The summed E-state index contributed by atoms with van der Waals surface area (Å²) in [6.07, 6.45) is -30.4. The van der Waals surface area contributed by atoms with Crippen LogP contribution in [-0.4, -0.2) is 225 Å². The second kappa shape index (κ2) is 48.1. The van der Waals surface area contributed by atoms with Crippen molar-refractivity contribution >= 4 is 135 Å². The fourth-order valence-corrected chi connectivity index (χ4v) is 17.2. The van der Waals surface area contributed by atoms with Crippen molar-refractivity contribution in [3.63, 3.8) is 0 Å². The summed E-state index contributed by atoms with van der Waals surface area (Å²) in [6.45, 7) is -0.0161. The lowest BCUT2D eigenvalue weighted by molar-refractivity contribution is -0.231. The molecule has 5 aliphatic rings. The van der Waals surface area contributed by atoms with E-state index in [4.69, 9.17) is 66.0 Å². The molecule has 4 bridgehead atoms. The van der Waals surface area contributed by atoms with Crippen molar-refractivity contribution in [2.24, 2.45) is 34.5 Å². The van der Waals surface area contributed by atoms with Crippen LogP contribution in [-0.2, 0) is 181 Å². The van der Waals surface area contributed by atoms with Gasteiger partial charge in [-0.1, -0.05) is 145 Å². The summed E-state index contributed by atoms with van der Waals surface area (Å²) in [7, 11) is 13.0. The molecule has 12 radical (unpaired) electrons. The summed E-state index contributed by atoms with van der Waals surface area (Å²) in [4.78, 5) is 97.2. The maximum atomic E-state index is 13.6. The Kier molecular flexibility index (Phi) is 41.4. The highest BCUT2D eigenvalue weighted by Crippen LogP contribution is 2.66. The number of halogens is 12. The lowest BCUT2D eigenvalue weighted by Gasteiger charge is -2.59. The molecular weight excluding hydrogens is 1790 g/mol. The quantitative estimate of drug-likeness (QED) is 0.0135. The molecule has 690 valence electrons. The number of rotatable bonds is 39. The van der Waals surface area contributed by atoms with E-state index in [9.17, 15) is 143 Å². The first-order valence-corrected chi connectivity index (χ1v) is 45.2. The standard InChI is InChI=1S/C25H28B3F3O7S.C19H22BF3O7S.C17H20BF3O7S.C16H18BF3O7S/c26-8-14-2-17(9-27)19(10-28)18(3-14)11-37-21(32)23-4-15-1-16(5-23)7-24(6-15,13-23)22(33)38-20(25(29,30)31)12-39(34,35)36;20-9-12-1-3-13(4-2-12)10-29-17(24)14-5-7-15(8-6-14)18(25)30-16(19(21,22)23)11-31(26,27)28;18-10-13-6-4-12(5-7-13)8-9-27-15(22)2-1-3-16(23)28-14(17(19,20)21)11-29(24,25)26;17-8-11-4-1-2-5-12(11)9-26-14(21)6-3-7-15(22)27-13(16(18,19)20)10-28(23,24)25/h2-3,15-16,20H,1,4-13H2,(H,34,35,36);1-4,14-16H,5-11H2,(H,26,27,28);4-7,14H,1-3,8-11H2,(H,24,25,26);1-2,4-5,13H,3,6-10H2,(H,23,24,25)/p-4. The second-order valence-electron chi connectivity index (χ2n) is 30.5. The molecule has 6 atom stereocenters. The van der Waals surface area contributed by atoms with Crippen LogP contribution in [0.25, 0.3) is 0 Å². The van der Waals surface area contributed by atoms with Gasteiger partial charge < -0.3 is 56.1 Å². The Bertz CT molecular complexity index is 4840. The molecule has 0 spiro atoms. The van der Waals surface area contributed by atoms with Crippen LogP contribution in [0.3, 0.4) is 0 Å². The van der Waals surface area contributed by atoms with Gasteiger partial charge in [-0.15, -0.1) is 0 Å². The Morgan fingerprint density at radius 1 is 0.378 bits per heavy atom. The zero-order valence-corrected chi connectivity index (χ0v) is 71.0. The van der Waals surface area contributed by atoms with Crippen LogP contribution in [0, 0.1) is 34.5 Å². The van der Waals surface area contributed by atoms with E-state index in [-0.39, 0.29) is 134 Å². The van der Waals surface area contributed by atoms with Gasteiger partial charge in [0.15, 0.2) is 0 Å². The first-order chi connectivity index (χ1) is 58.8. The third-order valence-electron chi connectivity index (χ3n) is 20.6. The van der Waals surface area contributed by atoms with Crippen LogP contribution in [0.4, 0.5) is 52.7 Å². The van der Waals surface area contributed by atoms with Crippen LogP contribution in [0.2, 0.25) is 0 Å². The first-order valence-electron chi connectivity index (χ1n) is 38.9. The molecule has 127 heavy (non-hydrogen) atoms. The monoisotopic (exact) mass is 1880 g/mol. The number of hydrogen-bond acceptors (Lipinski definition) is 28. The summed E-state index contributed by atoms with van der Waals surface area (Å²) in [5, 5.41) is 0. The van der Waals surface area contributed by atoms with E-state index in [1.165, 1.54) is 0 Å². The highest BCUT2D eigenvalue weighted by molar-refractivity contribution is 7.86. The van der Waals surface area contributed by atoms with Gasteiger partial charge in [0.05, 0.1) is 140 Å². The SMILES string of the molecule is [B]Cc1cc(C[B])c(C[B])c(COC(=O)C23CC4CC(C2)CC(C(=O)OC(CS(=O)(=O)[O-])C(F)(F)F)(C4)C3)c1.[B]Cc1ccc(CCOC(=O)CCCC(=O)OC(CS(=O)(=O)[O-])C(F)(F)F)cc1.[B]Cc1ccc(COC(=O)C2CCC(C(=O)OC(CS(=O)(=O)[O-])C(F)(F)F)CC2)cc1.[B]Cc1ccccc1COC(=O)CCCC(=O)OC(CS(=O)(=O)[O-])C(F)(F)F. The van der Waals surface area contributed by atoms with Gasteiger partial charge in [-0.25, -0.2) is 33.7 Å². The van der Waals surface area contributed by atoms with E-state index in [2.05, 4.69) is 18.9 Å². The normalized spacial score (nSPS) is 19.7. The molecule has 0 heterocycles. The number of esters is 8. The van der Waals surface area contributed by atoms with Gasteiger partial charge in [0, 0.05) is 32.1 Å². The third kappa shape index (κ3) is 38.1. The minimum Gasteiger partial charge on any atom is -0.748 e. The van der Waals surface area contributed by atoms with Crippen LogP contribution >= 0.6 is 0 Å². The molecule has 28 nitrogen and oxygen atoms in total. The van der Waals surface area contributed by atoms with E-state index < -0.39 is 196 Å². The Morgan fingerprint density at radius 3 is 1.15 bits per heavy atom. The lowest BCUT2D eigenvalue weighted by atomic mass is 9.44. The highest BCUT2D eigenvalue weighted by atomic mass is 32.2. The smallest absolute Gasteiger partial charge is 0.426 e. The molecule has 6 unspecified atom stereocenters. The topological polar surface area (TPSA) is 439 Å². The van der Waals surface area contributed by atoms with E-state index in [0.29, 0.717) is 43.0 Å². The molecule has 5 aliphatic carbocycles. The van der Waals surface area contributed by atoms with E-state index in [1.807, 2.05) is 42.5 Å². The molecule has 0 N–H and O–H groups in total. The highest BCUT2D eigenvalue weighted by Gasteiger charge is 2.65. The van der Waals surface area contributed by atoms with Crippen LogP contribution in [0.5, 0.6) is 0 Å². The van der Waals surface area contributed by atoms with Crippen molar-refractivity contribution in [1.29, 1.82) is 0 Å². The molecule has 0 amide bonds. The van der Waals surface area contributed by atoms with Gasteiger partial charge in [0.2, 0.25) is 24.4 Å². The molecule has 4 aromatic rings. The molecule has 0 aromatic heterocycles. The fraction of sp³-hybridized carbons (Fsp3) is 0.584. The third-order valence-corrected chi connectivity index (χ3v) is 23.4. The molecule has 9 rings (SSSR count). The minimum atomic E-state index is -5.33. The number of carbonyl (C=O) groups is 8. The summed E-state index contributed by atoms with van der Waals surface area (Å²) < 4.78 is 321. The van der Waals surface area contributed by atoms with Crippen LogP contribution < -0.4 is 0 Å². The van der Waals surface area contributed by atoms with Gasteiger partial charge in [0.1, 0.15) is 19.8 Å². The maximum Gasteiger partial charge on any atom is 0.426 e. The van der Waals surface area contributed by atoms with Crippen molar-refractivity contribution < 1.29 is 181 Å². The predicted octanol–water partition coefficient (Wildman–Crippen LogP) is 7.78. The number of hydrogen-bond donors (Lipinski definition) is 0. The van der Waals surface area contributed by atoms with Gasteiger partial charge in [-0.2, -0.15) is 52.7 Å². The Labute approximate surface area is 733 Å². The summed E-state index contributed by atoms with van der Waals surface area (Å²) >= 11 is 0. The van der Waals surface area contributed by atoms with Crippen molar-refractivity contribution in [3.8, 4) is 0 Å². The zero-order chi connectivity index (χ0) is 95.5. The lowest BCUT2D eigenvalue weighted by Crippen LogP contribution is -2.59. The van der Waals surface area contributed by atoms with E-state index in [1.54, 1.807) is 42.5 Å². The predicted molar refractivity (Wildman–Crippen MR) is 421 cm³/mol. The summed E-state index contributed by atoms with van der Waals surface area (Å²) in [5.74, 6) is -16.8. The molecule has 5 fully saturated rings. The second-order valence-corrected chi connectivity index (χ2v) is 36.2. The number of carbonyl (C=O) groups excluding carboxylic acids is 8. The van der Waals surface area contributed by atoms with Gasteiger partial charge in [0.25, 0.3) is 0 Å². The molecule has 0 aliphatic heterocycles. The van der Waals surface area contributed by atoms with Crippen molar-refractivity contribution in [1.82, 2.24) is 0 Å². The molecule has 0 saturated heterocycles. The van der Waals surface area contributed by atoms with Crippen molar-refractivity contribution in [2.75, 3.05) is 29.6 Å². The number of benzene rings is 4. The Morgan fingerprint density at radius 2 is 0.740 bits per heavy atom. The van der Waals surface area contributed by atoms with Gasteiger partial charge in [-0.3, -0.25) is 38.4 Å². The minimum absolute atomic E-state index is 0.0475. The summed E-state index contributed by atoms with van der Waals surface area (Å²) in [6, 6.07) is 25.2. The van der Waals surface area contributed by atoms with Crippen LogP contribution in [0.15, 0.2) is 84.9 Å². The zero-order valence-electron chi connectivity index (χ0n) is 67.7. The van der Waals surface area contributed by atoms with E-state index >= 15 is 0 Å². The summed E-state index contributed by atoms with van der Waals surface area (Å²) in [5.41, 5.74) is 5.53. The average molecular weight is 1880 g/mol. The van der Waals surface area contributed by atoms with Crippen LogP contribution in [0.1, 0.15) is 158 Å².